The largest absolute Gasteiger partial charge is 0.343 e. The third-order valence-corrected chi connectivity index (χ3v) is 7.15. The number of imide groups is 1. The highest BCUT2D eigenvalue weighted by atomic mass is 16.2. The lowest BCUT2D eigenvalue weighted by atomic mass is 10.1. The van der Waals surface area contributed by atoms with Gasteiger partial charge in [-0.3, -0.25) is 19.9 Å². The van der Waals surface area contributed by atoms with Crippen LogP contribution < -0.4 is 10.2 Å². The first-order valence-corrected chi connectivity index (χ1v) is 11.3. The van der Waals surface area contributed by atoms with Gasteiger partial charge in [0.05, 0.1) is 6.54 Å². The van der Waals surface area contributed by atoms with Crippen molar-refractivity contribution < 1.29 is 9.59 Å². The number of urea groups is 1. The van der Waals surface area contributed by atoms with E-state index in [9.17, 15) is 9.59 Å². The van der Waals surface area contributed by atoms with Crippen LogP contribution in [0.5, 0.6) is 0 Å². The molecule has 0 radical (unpaired) electrons. The molecule has 0 spiro atoms. The van der Waals surface area contributed by atoms with Crippen molar-refractivity contribution in [3.63, 3.8) is 0 Å². The first kappa shape index (κ1) is 21.0. The average molecular weight is 434 g/mol. The van der Waals surface area contributed by atoms with Crippen LogP contribution in [0.1, 0.15) is 28.7 Å². The van der Waals surface area contributed by atoms with Crippen LogP contribution in [0.2, 0.25) is 0 Å². The third kappa shape index (κ3) is 3.36. The molecule has 3 unspecified atom stereocenters. The number of carbonyl (C=O) groups is 2. The number of hydrogen-bond donors (Lipinski definition) is 1. The minimum Gasteiger partial charge on any atom is -0.343 e. The fraction of sp³-hybridized carbons (Fsp3) is 0.440. The molecule has 3 saturated heterocycles. The van der Waals surface area contributed by atoms with Crippen molar-refractivity contribution in [3.05, 3.63) is 64.7 Å². The smallest absolute Gasteiger partial charge is 0.328 e. The zero-order valence-electron chi connectivity index (χ0n) is 19.2. The molecule has 3 atom stereocenters. The Labute approximate surface area is 189 Å². The van der Waals surface area contributed by atoms with Crippen molar-refractivity contribution in [2.75, 3.05) is 25.0 Å². The standard InChI is InChI=1S/C25H31N5O2/c1-16-6-9-19(10-7-16)15-30-23(31)21-22(27(4)25(30)32)26-24-28(12-5-13-29(21)24)20-11-8-17(2)18(3)14-20/h6-11,14,21-22,24,26H,5,12-13,15H2,1-4H3. The molecule has 3 fully saturated rings. The molecule has 1 N–H and O–H groups in total. The number of hydrogen-bond acceptors (Lipinski definition) is 5. The summed E-state index contributed by atoms with van der Waals surface area (Å²) >= 11 is 0. The van der Waals surface area contributed by atoms with Crippen molar-refractivity contribution in [1.29, 1.82) is 0 Å². The van der Waals surface area contributed by atoms with Crippen molar-refractivity contribution in [2.24, 2.45) is 0 Å². The van der Waals surface area contributed by atoms with Gasteiger partial charge in [-0.05, 0) is 56.0 Å². The van der Waals surface area contributed by atoms with Crippen molar-refractivity contribution >= 4 is 17.6 Å². The Kier molecular flexibility index (Phi) is 5.18. The van der Waals surface area contributed by atoms with Gasteiger partial charge in [-0.1, -0.05) is 35.9 Å². The summed E-state index contributed by atoms with van der Waals surface area (Å²) in [7, 11) is 1.79. The summed E-state index contributed by atoms with van der Waals surface area (Å²) in [5, 5.41) is 3.59. The van der Waals surface area contributed by atoms with Crippen LogP contribution in [0.4, 0.5) is 10.5 Å². The summed E-state index contributed by atoms with van der Waals surface area (Å²) in [6.07, 6.45) is 0.526. The first-order valence-electron chi connectivity index (χ1n) is 11.3. The number of rotatable bonds is 3. The van der Waals surface area contributed by atoms with Crippen LogP contribution in [0.15, 0.2) is 42.5 Å². The van der Waals surface area contributed by atoms with E-state index in [1.165, 1.54) is 16.0 Å². The maximum atomic E-state index is 13.6. The van der Waals surface area contributed by atoms with E-state index >= 15 is 0 Å². The van der Waals surface area contributed by atoms with Crippen LogP contribution in [-0.4, -0.2) is 65.3 Å². The number of anilines is 1. The molecule has 168 valence electrons. The van der Waals surface area contributed by atoms with Crippen LogP contribution >= 0.6 is 0 Å². The summed E-state index contributed by atoms with van der Waals surface area (Å²) in [5.41, 5.74) is 5.78. The first-order chi connectivity index (χ1) is 15.3. The Morgan fingerprint density at radius 2 is 1.72 bits per heavy atom. The van der Waals surface area contributed by atoms with Crippen LogP contribution in [-0.2, 0) is 11.3 Å². The number of aryl methyl sites for hydroxylation is 3. The Morgan fingerprint density at radius 1 is 0.969 bits per heavy atom. The molecule has 7 nitrogen and oxygen atoms in total. The second-order valence-electron chi connectivity index (χ2n) is 9.29. The Bertz CT molecular complexity index is 1050. The molecule has 3 aliphatic rings. The number of nitrogens with zero attached hydrogens (tertiary/aromatic N) is 4. The summed E-state index contributed by atoms with van der Waals surface area (Å²) in [6, 6.07) is 13.9. The van der Waals surface area contributed by atoms with Gasteiger partial charge in [0, 0.05) is 25.8 Å². The number of benzene rings is 2. The van der Waals surface area contributed by atoms with Crippen LogP contribution in [0.3, 0.4) is 0 Å². The number of nitrogens with one attached hydrogen (secondary N) is 1. The van der Waals surface area contributed by atoms with E-state index in [1.54, 1.807) is 11.9 Å². The predicted octanol–water partition coefficient (Wildman–Crippen LogP) is 2.80. The zero-order valence-corrected chi connectivity index (χ0v) is 19.2. The summed E-state index contributed by atoms with van der Waals surface area (Å²) in [6.45, 7) is 8.31. The topological polar surface area (TPSA) is 59.1 Å². The number of carbonyl (C=O) groups excluding carboxylic acids is 2. The lowest BCUT2D eigenvalue weighted by molar-refractivity contribution is -0.139. The third-order valence-electron chi connectivity index (χ3n) is 7.15. The van der Waals surface area contributed by atoms with Gasteiger partial charge >= 0.3 is 6.03 Å². The van der Waals surface area contributed by atoms with Crippen molar-refractivity contribution in [3.8, 4) is 0 Å². The molecule has 32 heavy (non-hydrogen) atoms. The van der Waals surface area contributed by atoms with Gasteiger partial charge in [-0.25, -0.2) is 4.79 Å². The van der Waals surface area contributed by atoms with Gasteiger partial charge < -0.3 is 9.80 Å². The van der Waals surface area contributed by atoms with Gasteiger partial charge in [0.25, 0.3) is 5.91 Å². The molecule has 0 aliphatic carbocycles. The highest BCUT2D eigenvalue weighted by Crippen LogP contribution is 2.34. The molecule has 2 aromatic carbocycles. The van der Waals surface area contributed by atoms with E-state index in [1.807, 2.05) is 31.2 Å². The van der Waals surface area contributed by atoms with E-state index in [0.29, 0.717) is 6.54 Å². The number of fused-ring (bicyclic) bond motifs is 3. The zero-order chi connectivity index (χ0) is 22.6. The molecule has 0 bridgehead atoms. The minimum absolute atomic E-state index is 0.112. The average Bonchev–Trinajstić information content (AvgIpc) is 3.18. The Hall–Kier alpha value is -2.90. The maximum Gasteiger partial charge on any atom is 0.328 e. The number of amides is 3. The van der Waals surface area contributed by atoms with Gasteiger partial charge in [0.2, 0.25) is 0 Å². The van der Waals surface area contributed by atoms with Crippen molar-refractivity contribution in [1.82, 2.24) is 20.0 Å². The lowest BCUT2D eigenvalue weighted by Gasteiger charge is -2.44. The highest BCUT2D eigenvalue weighted by molar-refractivity contribution is 6.00. The van der Waals surface area contributed by atoms with Crippen molar-refractivity contribution in [2.45, 2.75) is 52.2 Å². The molecule has 5 rings (SSSR count). The molecule has 7 heteroatoms. The fourth-order valence-corrected chi connectivity index (χ4v) is 5.11. The van der Waals surface area contributed by atoms with Crippen LogP contribution in [0, 0.1) is 20.8 Å². The molecular weight excluding hydrogens is 402 g/mol. The second-order valence-corrected chi connectivity index (χ2v) is 9.29. The quantitative estimate of drug-likeness (QED) is 0.807. The molecule has 2 aromatic rings. The fourth-order valence-electron chi connectivity index (χ4n) is 5.11. The SMILES string of the molecule is Cc1ccc(CN2C(=O)C3C(NC4N(c5ccc(C)c(C)c5)CCCN34)N(C)C2=O)cc1. The van der Waals surface area contributed by atoms with Gasteiger partial charge in [-0.2, -0.15) is 0 Å². The second kappa shape index (κ2) is 7.90. The monoisotopic (exact) mass is 433 g/mol. The summed E-state index contributed by atoms with van der Waals surface area (Å²) < 4.78 is 0. The van der Waals surface area contributed by atoms with E-state index in [4.69, 9.17) is 0 Å². The van der Waals surface area contributed by atoms with Gasteiger partial charge in [0.1, 0.15) is 18.5 Å². The minimum atomic E-state index is -0.387. The van der Waals surface area contributed by atoms with Crippen LogP contribution in [0.25, 0.3) is 0 Å². The lowest BCUT2D eigenvalue weighted by Crippen LogP contribution is -2.66. The highest BCUT2D eigenvalue weighted by Gasteiger charge is 2.56. The normalized spacial score (nSPS) is 25.9. The summed E-state index contributed by atoms with van der Waals surface area (Å²) in [4.78, 5) is 34.4. The Balaban J connectivity index is 1.43. The molecular formula is C25H31N5O2. The predicted molar refractivity (Wildman–Crippen MR) is 124 cm³/mol. The van der Waals surface area contributed by atoms with E-state index in [-0.39, 0.29) is 30.4 Å². The van der Waals surface area contributed by atoms with E-state index in [0.717, 1.165) is 36.3 Å². The molecule has 3 heterocycles. The van der Waals surface area contributed by atoms with E-state index in [2.05, 4.69) is 47.2 Å². The van der Waals surface area contributed by atoms with Gasteiger partial charge in [0.15, 0.2) is 0 Å². The van der Waals surface area contributed by atoms with Gasteiger partial charge in [-0.15, -0.1) is 0 Å². The molecule has 3 amide bonds. The molecule has 0 aromatic heterocycles. The number of likely N-dealkylation sites (N-methyl/N-ethyl adjacent to an activating group) is 1. The molecule has 0 saturated carbocycles. The Morgan fingerprint density at radius 3 is 2.44 bits per heavy atom. The van der Waals surface area contributed by atoms with E-state index < -0.39 is 0 Å². The maximum absolute atomic E-state index is 13.6. The summed E-state index contributed by atoms with van der Waals surface area (Å²) in [5.74, 6) is -0.115. The molecule has 3 aliphatic heterocycles.